The van der Waals surface area contributed by atoms with Crippen molar-refractivity contribution in [2.24, 2.45) is 11.8 Å². The minimum Gasteiger partial charge on any atom is -0.369 e. The van der Waals surface area contributed by atoms with Crippen molar-refractivity contribution < 1.29 is 4.39 Å². The van der Waals surface area contributed by atoms with Gasteiger partial charge < -0.3 is 10.2 Å². The molecule has 1 heterocycles. The third kappa shape index (κ3) is 3.47. The number of halogens is 1. The van der Waals surface area contributed by atoms with Gasteiger partial charge in [-0.3, -0.25) is 0 Å². The second kappa shape index (κ2) is 5.91. The lowest BCUT2D eigenvalue weighted by Crippen LogP contribution is -2.23. The molecular weight excluding hydrogens is 239 g/mol. The number of hydrogen-bond acceptors (Lipinski definition) is 2. The standard InChI is InChI=1S/C16H25FN2/c1-11(2)18-8-14-5-6-16(15(17)7-14)19-9-12(3)13(4)10-19/h5-7,11-13,18H,8-10H2,1-4H3. The van der Waals surface area contributed by atoms with Gasteiger partial charge in [0.25, 0.3) is 0 Å². The fourth-order valence-electron chi connectivity index (χ4n) is 2.57. The van der Waals surface area contributed by atoms with Crippen LogP contribution in [0.25, 0.3) is 0 Å². The number of anilines is 1. The molecule has 19 heavy (non-hydrogen) atoms. The zero-order valence-electron chi connectivity index (χ0n) is 12.4. The van der Waals surface area contributed by atoms with E-state index in [1.165, 1.54) is 0 Å². The fraction of sp³-hybridized carbons (Fsp3) is 0.625. The molecule has 1 aliphatic rings. The molecule has 0 aliphatic carbocycles. The zero-order chi connectivity index (χ0) is 14.0. The Kier molecular flexibility index (Phi) is 4.46. The van der Waals surface area contributed by atoms with Gasteiger partial charge in [-0.05, 0) is 29.5 Å². The third-order valence-electron chi connectivity index (χ3n) is 4.06. The van der Waals surface area contributed by atoms with Gasteiger partial charge in [-0.1, -0.05) is 33.8 Å². The van der Waals surface area contributed by atoms with Crippen molar-refractivity contribution in [2.75, 3.05) is 18.0 Å². The fourth-order valence-corrected chi connectivity index (χ4v) is 2.57. The summed E-state index contributed by atoms with van der Waals surface area (Å²) in [6.45, 7) is 11.3. The van der Waals surface area contributed by atoms with E-state index in [0.717, 1.165) is 30.9 Å². The number of hydrogen-bond donors (Lipinski definition) is 1. The van der Waals surface area contributed by atoms with Gasteiger partial charge in [-0.2, -0.15) is 0 Å². The monoisotopic (exact) mass is 264 g/mol. The Morgan fingerprint density at radius 3 is 2.42 bits per heavy atom. The van der Waals surface area contributed by atoms with Crippen LogP contribution < -0.4 is 10.2 Å². The van der Waals surface area contributed by atoms with Crippen LogP contribution in [0.4, 0.5) is 10.1 Å². The zero-order valence-corrected chi connectivity index (χ0v) is 12.4. The van der Waals surface area contributed by atoms with E-state index in [1.54, 1.807) is 6.07 Å². The number of rotatable bonds is 4. The molecule has 0 aromatic heterocycles. The molecule has 0 radical (unpaired) electrons. The van der Waals surface area contributed by atoms with Crippen LogP contribution in [0.1, 0.15) is 33.3 Å². The number of nitrogens with one attached hydrogen (secondary N) is 1. The molecule has 1 N–H and O–H groups in total. The van der Waals surface area contributed by atoms with Gasteiger partial charge in [-0.25, -0.2) is 4.39 Å². The summed E-state index contributed by atoms with van der Waals surface area (Å²) >= 11 is 0. The first-order chi connectivity index (χ1) is 8.97. The van der Waals surface area contributed by atoms with E-state index in [9.17, 15) is 4.39 Å². The summed E-state index contributed by atoms with van der Waals surface area (Å²) in [7, 11) is 0. The van der Waals surface area contributed by atoms with E-state index in [1.807, 2.05) is 12.1 Å². The smallest absolute Gasteiger partial charge is 0.146 e. The summed E-state index contributed by atoms with van der Waals surface area (Å²) in [5.74, 6) is 1.19. The molecule has 0 bridgehead atoms. The van der Waals surface area contributed by atoms with Crippen molar-refractivity contribution >= 4 is 5.69 Å². The van der Waals surface area contributed by atoms with Crippen molar-refractivity contribution in [3.8, 4) is 0 Å². The lowest BCUT2D eigenvalue weighted by molar-refractivity contribution is 0.494. The summed E-state index contributed by atoms with van der Waals surface area (Å²) < 4.78 is 14.2. The molecule has 2 unspecified atom stereocenters. The Morgan fingerprint density at radius 2 is 1.89 bits per heavy atom. The molecule has 0 amide bonds. The molecule has 1 saturated heterocycles. The first-order valence-corrected chi connectivity index (χ1v) is 7.24. The molecule has 1 fully saturated rings. The van der Waals surface area contributed by atoms with Crippen LogP contribution >= 0.6 is 0 Å². The second-order valence-corrected chi connectivity index (χ2v) is 6.18. The quantitative estimate of drug-likeness (QED) is 0.896. The van der Waals surface area contributed by atoms with Gasteiger partial charge in [-0.15, -0.1) is 0 Å². The van der Waals surface area contributed by atoms with Crippen LogP contribution in [0.5, 0.6) is 0 Å². The normalized spacial score (nSPS) is 23.4. The van der Waals surface area contributed by atoms with Crippen LogP contribution in [0.15, 0.2) is 18.2 Å². The molecule has 2 rings (SSSR count). The molecule has 2 atom stereocenters. The van der Waals surface area contributed by atoms with E-state index in [4.69, 9.17) is 0 Å². The van der Waals surface area contributed by atoms with Gasteiger partial charge in [0.2, 0.25) is 0 Å². The molecule has 2 nitrogen and oxygen atoms in total. The van der Waals surface area contributed by atoms with Crippen LogP contribution in [-0.2, 0) is 6.54 Å². The van der Waals surface area contributed by atoms with E-state index in [-0.39, 0.29) is 5.82 Å². The highest BCUT2D eigenvalue weighted by molar-refractivity contribution is 5.50. The first-order valence-electron chi connectivity index (χ1n) is 7.24. The largest absolute Gasteiger partial charge is 0.369 e. The van der Waals surface area contributed by atoms with Gasteiger partial charge >= 0.3 is 0 Å². The lowest BCUT2D eigenvalue weighted by atomic mass is 10.0. The predicted molar refractivity (Wildman–Crippen MR) is 78.9 cm³/mol. The van der Waals surface area contributed by atoms with Crippen LogP contribution in [0.2, 0.25) is 0 Å². The maximum absolute atomic E-state index is 14.2. The number of benzene rings is 1. The molecule has 1 aromatic rings. The highest BCUT2D eigenvalue weighted by Crippen LogP contribution is 2.29. The molecule has 106 valence electrons. The summed E-state index contributed by atoms with van der Waals surface area (Å²) in [6, 6.07) is 6.04. The van der Waals surface area contributed by atoms with Crippen LogP contribution in [0, 0.1) is 17.7 Å². The Morgan fingerprint density at radius 1 is 1.26 bits per heavy atom. The maximum atomic E-state index is 14.2. The topological polar surface area (TPSA) is 15.3 Å². The third-order valence-corrected chi connectivity index (χ3v) is 4.06. The van der Waals surface area contributed by atoms with Crippen LogP contribution in [-0.4, -0.2) is 19.1 Å². The van der Waals surface area contributed by atoms with Crippen molar-refractivity contribution in [3.63, 3.8) is 0 Å². The maximum Gasteiger partial charge on any atom is 0.146 e. The molecule has 0 spiro atoms. The molecule has 0 saturated carbocycles. The van der Waals surface area contributed by atoms with Crippen molar-refractivity contribution in [1.82, 2.24) is 5.32 Å². The SMILES string of the molecule is CC(C)NCc1ccc(N2CC(C)C(C)C2)c(F)c1. The minimum absolute atomic E-state index is 0.0932. The van der Waals surface area contributed by atoms with E-state index in [0.29, 0.717) is 17.9 Å². The minimum atomic E-state index is -0.0932. The van der Waals surface area contributed by atoms with E-state index >= 15 is 0 Å². The highest BCUT2D eigenvalue weighted by atomic mass is 19.1. The van der Waals surface area contributed by atoms with E-state index in [2.05, 4.69) is 37.9 Å². The van der Waals surface area contributed by atoms with Gasteiger partial charge in [0.1, 0.15) is 5.82 Å². The molecule has 1 aliphatic heterocycles. The van der Waals surface area contributed by atoms with Gasteiger partial charge in [0.05, 0.1) is 5.69 Å². The van der Waals surface area contributed by atoms with E-state index < -0.39 is 0 Å². The van der Waals surface area contributed by atoms with Gasteiger partial charge in [0, 0.05) is 25.7 Å². The molecular formula is C16H25FN2. The average molecular weight is 264 g/mol. The summed E-state index contributed by atoms with van der Waals surface area (Å²) in [4.78, 5) is 2.17. The Bertz CT molecular complexity index is 421. The van der Waals surface area contributed by atoms with Crippen LogP contribution in [0.3, 0.4) is 0 Å². The van der Waals surface area contributed by atoms with Gasteiger partial charge in [0.15, 0.2) is 0 Å². The van der Waals surface area contributed by atoms with Crippen molar-refractivity contribution in [3.05, 3.63) is 29.6 Å². The second-order valence-electron chi connectivity index (χ2n) is 6.18. The lowest BCUT2D eigenvalue weighted by Gasteiger charge is -2.20. The highest BCUT2D eigenvalue weighted by Gasteiger charge is 2.27. The Hall–Kier alpha value is -1.09. The predicted octanol–water partition coefficient (Wildman–Crippen LogP) is 3.42. The number of nitrogens with zero attached hydrogens (tertiary/aromatic N) is 1. The Labute approximate surface area is 116 Å². The molecule has 1 aromatic carbocycles. The summed E-state index contributed by atoms with van der Waals surface area (Å²) in [5, 5.41) is 3.31. The van der Waals surface area contributed by atoms with Crippen molar-refractivity contribution in [2.45, 2.75) is 40.3 Å². The first kappa shape index (κ1) is 14.3. The summed E-state index contributed by atoms with van der Waals surface area (Å²) in [5.41, 5.74) is 1.76. The Balaban J connectivity index is 2.07. The van der Waals surface area contributed by atoms with Crippen molar-refractivity contribution in [1.29, 1.82) is 0 Å². The summed E-state index contributed by atoms with van der Waals surface area (Å²) in [6.07, 6.45) is 0. The molecule has 3 heteroatoms. The average Bonchev–Trinajstić information content (AvgIpc) is 2.67.